The minimum atomic E-state index is -0.586. The fourth-order valence-corrected chi connectivity index (χ4v) is 5.07. The second-order valence-electron chi connectivity index (χ2n) is 9.00. The maximum Gasteiger partial charge on any atom is 0.410 e. The highest BCUT2D eigenvalue weighted by atomic mass is 32.1. The Kier molecular flexibility index (Phi) is 6.04. The molecular formula is C23H26FN3O5S. The Labute approximate surface area is 193 Å². The molecule has 0 aliphatic carbocycles. The zero-order valence-corrected chi connectivity index (χ0v) is 19.8. The third-order valence-electron chi connectivity index (χ3n) is 5.52. The molecule has 0 unspecified atom stereocenters. The van der Waals surface area contributed by atoms with Crippen LogP contribution in [-0.4, -0.2) is 46.3 Å². The number of thiophene rings is 1. The SMILES string of the molecule is COc1cc(F)ccc1-c1cc2[nH]c(=O)n(C3CCN(C(=O)OC(C)(C)C)CC3)c(=O)c2s1. The van der Waals surface area contributed by atoms with Crippen LogP contribution in [0.15, 0.2) is 33.9 Å². The van der Waals surface area contributed by atoms with Crippen LogP contribution in [0.4, 0.5) is 9.18 Å². The summed E-state index contributed by atoms with van der Waals surface area (Å²) in [6.45, 7) is 6.21. The molecule has 4 rings (SSSR count). The summed E-state index contributed by atoms with van der Waals surface area (Å²) in [4.78, 5) is 43.5. The van der Waals surface area contributed by atoms with E-state index in [0.29, 0.717) is 52.3 Å². The van der Waals surface area contributed by atoms with Gasteiger partial charge >= 0.3 is 11.8 Å². The van der Waals surface area contributed by atoms with Gasteiger partial charge < -0.3 is 19.4 Å². The van der Waals surface area contributed by atoms with Crippen LogP contribution in [0.2, 0.25) is 0 Å². The van der Waals surface area contributed by atoms with Crippen LogP contribution >= 0.6 is 11.3 Å². The molecule has 0 spiro atoms. The van der Waals surface area contributed by atoms with Crippen LogP contribution in [-0.2, 0) is 4.74 Å². The summed E-state index contributed by atoms with van der Waals surface area (Å²) in [7, 11) is 1.45. The average molecular weight is 476 g/mol. The third kappa shape index (κ3) is 4.66. The van der Waals surface area contributed by atoms with Crippen molar-refractivity contribution in [2.75, 3.05) is 20.2 Å². The molecule has 1 fully saturated rings. The Bertz CT molecular complexity index is 1310. The molecule has 1 aromatic carbocycles. The normalized spacial score (nSPS) is 15.1. The van der Waals surface area contributed by atoms with Gasteiger partial charge in [-0.2, -0.15) is 0 Å². The number of methoxy groups -OCH3 is 1. The molecule has 176 valence electrons. The fraction of sp³-hybridized carbons (Fsp3) is 0.435. The minimum absolute atomic E-state index is 0.324. The molecular weight excluding hydrogens is 449 g/mol. The molecule has 8 nitrogen and oxygen atoms in total. The van der Waals surface area contributed by atoms with Crippen molar-refractivity contribution in [1.82, 2.24) is 14.5 Å². The quantitative estimate of drug-likeness (QED) is 0.615. The van der Waals surface area contributed by atoms with Gasteiger partial charge in [0.1, 0.15) is 21.9 Å². The first-order valence-corrected chi connectivity index (χ1v) is 11.5. The Morgan fingerprint density at radius 3 is 2.52 bits per heavy atom. The molecule has 0 radical (unpaired) electrons. The van der Waals surface area contributed by atoms with E-state index < -0.39 is 23.2 Å². The molecule has 0 saturated carbocycles. The van der Waals surface area contributed by atoms with E-state index in [-0.39, 0.29) is 11.6 Å². The maximum absolute atomic E-state index is 13.6. The summed E-state index contributed by atoms with van der Waals surface area (Å²) < 4.78 is 25.9. The van der Waals surface area contributed by atoms with Crippen LogP contribution in [0.5, 0.6) is 5.75 Å². The van der Waals surface area contributed by atoms with Crippen molar-refractivity contribution in [2.45, 2.75) is 45.3 Å². The summed E-state index contributed by atoms with van der Waals surface area (Å²) in [5.74, 6) is -0.0797. The van der Waals surface area contributed by atoms with Gasteiger partial charge in [-0.3, -0.25) is 9.36 Å². The van der Waals surface area contributed by atoms with E-state index in [4.69, 9.17) is 9.47 Å². The number of ether oxygens (including phenoxy) is 2. The fourth-order valence-electron chi connectivity index (χ4n) is 3.99. The van der Waals surface area contributed by atoms with Crippen molar-refractivity contribution in [3.8, 4) is 16.2 Å². The second-order valence-corrected chi connectivity index (χ2v) is 10.1. The van der Waals surface area contributed by atoms with E-state index in [1.165, 1.54) is 35.1 Å². The first-order chi connectivity index (χ1) is 15.6. The van der Waals surface area contributed by atoms with E-state index in [9.17, 15) is 18.8 Å². The molecule has 1 N–H and O–H groups in total. The van der Waals surface area contributed by atoms with E-state index >= 15 is 0 Å². The van der Waals surface area contributed by atoms with Gasteiger partial charge in [0.15, 0.2) is 0 Å². The Balaban J connectivity index is 1.62. The molecule has 1 aliphatic heterocycles. The highest BCUT2D eigenvalue weighted by Crippen LogP contribution is 2.37. The zero-order chi connectivity index (χ0) is 23.9. The molecule has 10 heteroatoms. The van der Waals surface area contributed by atoms with Gasteiger partial charge in [0.05, 0.1) is 12.6 Å². The summed E-state index contributed by atoms with van der Waals surface area (Å²) in [6.07, 6.45) is 0.545. The van der Waals surface area contributed by atoms with Gasteiger partial charge in [0.2, 0.25) is 0 Å². The van der Waals surface area contributed by atoms with Crippen LogP contribution in [0.25, 0.3) is 20.7 Å². The van der Waals surface area contributed by atoms with Crippen molar-refractivity contribution < 1.29 is 18.7 Å². The third-order valence-corrected chi connectivity index (χ3v) is 6.67. The monoisotopic (exact) mass is 475 g/mol. The van der Waals surface area contributed by atoms with Gasteiger partial charge in [0.25, 0.3) is 5.56 Å². The summed E-state index contributed by atoms with van der Waals surface area (Å²) >= 11 is 1.22. The topological polar surface area (TPSA) is 93.6 Å². The van der Waals surface area contributed by atoms with Crippen molar-refractivity contribution >= 4 is 27.6 Å². The van der Waals surface area contributed by atoms with Crippen molar-refractivity contribution in [1.29, 1.82) is 0 Å². The number of hydrogen-bond acceptors (Lipinski definition) is 6. The lowest BCUT2D eigenvalue weighted by Gasteiger charge is -2.33. The van der Waals surface area contributed by atoms with Gasteiger partial charge in [-0.05, 0) is 51.8 Å². The number of H-pyrrole nitrogens is 1. The number of fused-ring (bicyclic) bond motifs is 1. The van der Waals surface area contributed by atoms with Crippen molar-refractivity contribution in [3.05, 3.63) is 50.9 Å². The molecule has 1 saturated heterocycles. The standard InChI is InChI=1S/C23H26FN3O5S/c1-23(2,3)32-22(30)26-9-7-14(8-10-26)27-20(28)19-16(25-21(27)29)12-18(33-19)15-6-5-13(24)11-17(15)31-4/h5-6,11-12,14H,7-10H2,1-4H3,(H,25,29). The molecule has 3 aromatic rings. The van der Waals surface area contributed by atoms with Crippen LogP contribution in [0.1, 0.15) is 39.7 Å². The zero-order valence-electron chi connectivity index (χ0n) is 18.9. The number of likely N-dealkylation sites (tertiary alicyclic amines) is 1. The van der Waals surface area contributed by atoms with Crippen LogP contribution in [0, 0.1) is 5.82 Å². The first-order valence-electron chi connectivity index (χ1n) is 10.7. The smallest absolute Gasteiger partial charge is 0.410 e. The number of rotatable bonds is 3. The number of nitrogens with zero attached hydrogens (tertiary/aromatic N) is 2. The Morgan fingerprint density at radius 1 is 1.18 bits per heavy atom. The molecule has 1 aliphatic rings. The van der Waals surface area contributed by atoms with Gasteiger partial charge in [-0.25, -0.2) is 14.0 Å². The number of halogens is 1. The summed E-state index contributed by atoms with van der Waals surface area (Å²) in [5.41, 5.74) is -0.381. The van der Waals surface area contributed by atoms with Crippen molar-refractivity contribution in [2.24, 2.45) is 0 Å². The molecule has 1 amide bonds. The van der Waals surface area contributed by atoms with E-state index in [0.717, 1.165) is 0 Å². The number of benzene rings is 1. The largest absolute Gasteiger partial charge is 0.496 e. The van der Waals surface area contributed by atoms with Crippen molar-refractivity contribution in [3.63, 3.8) is 0 Å². The lowest BCUT2D eigenvalue weighted by molar-refractivity contribution is 0.0186. The van der Waals surface area contributed by atoms with E-state index in [2.05, 4.69) is 4.98 Å². The highest BCUT2D eigenvalue weighted by molar-refractivity contribution is 7.22. The van der Waals surface area contributed by atoms with E-state index in [1.807, 2.05) is 20.8 Å². The predicted molar refractivity (Wildman–Crippen MR) is 125 cm³/mol. The number of piperidine rings is 1. The van der Waals surface area contributed by atoms with Gasteiger partial charge in [0, 0.05) is 35.6 Å². The lowest BCUT2D eigenvalue weighted by atomic mass is 10.1. The average Bonchev–Trinajstić information content (AvgIpc) is 3.16. The number of carbonyl (C=O) groups excluding carboxylic acids is 1. The maximum atomic E-state index is 13.6. The second kappa shape index (κ2) is 8.66. The highest BCUT2D eigenvalue weighted by Gasteiger charge is 2.29. The molecule has 2 aromatic heterocycles. The van der Waals surface area contributed by atoms with Gasteiger partial charge in [-0.1, -0.05) is 0 Å². The molecule has 0 atom stereocenters. The number of hydrogen-bond donors (Lipinski definition) is 1. The van der Waals surface area contributed by atoms with Crippen LogP contribution < -0.4 is 16.0 Å². The van der Waals surface area contributed by atoms with E-state index in [1.54, 1.807) is 17.0 Å². The van der Waals surface area contributed by atoms with Crippen LogP contribution in [0.3, 0.4) is 0 Å². The molecule has 0 bridgehead atoms. The number of amides is 1. The number of carbonyl (C=O) groups is 1. The lowest BCUT2D eigenvalue weighted by Crippen LogP contribution is -2.46. The first kappa shape index (κ1) is 23.0. The predicted octanol–water partition coefficient (Wildman–Crippen LogP) is 4.14. The molecule has 33 heavy (non-hydrogen) atoms. The Hall–Kier alpha value is -3.14. The number of aromatic nitrogens is 2. The minimum Gasteiger partial charge on any atom is -0.496 e. The summed E-state index contributed by atoms with van der Waals surface area (Å²) in [6, 6.07) is 5.56. The summed E-state index contributed by atoms with van der Waals surface area (Å²) in [5, 5.41) is 0. The number of nitrogens with one attached hydrogen (secondary N) is 1. The van der Waals surface area contributed by atoms with Gasteiger partial charge in [-0.15, -0.1) is 11.3 Å². The molecule has 3 heterocycles. The Morgan fingerprint density at radius 2 is 1.88 bits per heavy atom. The number of aromatic amines is 1.